The number of carbonyl (C=O) groups is 1. The van der Waals surface area contributed by atoms with E-state index < -0.39 is 10.0 Å². The molecule has 2 aromatic heterocycles. The average Bonchev–Trinajstić information content (AvgIpc) is 3.41. The van der Waals surface area contributed by atoms with Gasteiger partial charge in [-0.15, -0.1) is 11.3 Å². The van der Waals surface area contributed by atoms with Crippen molar-refractivity contribution in [1.82, 2.24) is 19.4 Å². The molecule has 0 bridgehead atoms. The molecule has 0 aliphatic carbocycles. The van der Waals surface area contributed by atoms with Gasteiger partial charge in [0.1, 0.15) is 0 Å². The number of H-pyrrole nitrogens is 1. The van der Waals surface area contributed by atoms with Gasteiger partial charge in [0.25, 0.3) is 5.91 Å². The summed E-state index contributed by atoms with van der Waals surface area (Å²) in [4.78, 5) is 15.4. The summed E-state index contributed by atoms with van der Waals surface area (Å²) in [7, 11) is -3.71. The lowest BCUT2D eigenvalue weighted by atomic mass is 10.2. The first-order valence-electron chi connectivity index (χ1n) is 8.70. The number of halogens is 2. The number of thiophene rings is 1. The van der Waals surface area contributed by atoms with E-state index in [1.54, 1.807) is 22.3 Å². The van der Waals surface area contributed by atoms with Crippen LogP contribution in [0.2, 0.25) is 10.0 Å². The number of benzene rings is 1. The van der Waals surface area contributed by atoms with Crippen LogP contribution in [0.4, 0.5) is 0 Å². The van der Waals surface area contributed by atoms with Gasteiger partial charge in [0, 0.05) is 26.2 Å². The van der Waals surface area contributed by atoms with E-state index in [-0.39, 0.29) is 42.0 Å². The number of sulfonamides is 1. The molecule has 0 radical (unpaired) electrons. The molecule has 0 spiro atoms. The first-order valence-corrected chi connectivity index (χ1v) is 11.8. The quantitative estimate of drug-likeness (QED) is 0.630. The normalized spacial score (nSPS) is 15.6. The third-order valence-electron chi connectivity index (χ3n) is 4.64. The summed E-state index contributed by atoms with van der Waals surface area (Å²) in [6, 6.07) is 9.81. The molecular weight excluding hydrogens is 455 g/mol. The summed E-state index contributed by atoms with van der Waals surface area (Å²) in [6.45, 7) is 0.939. The fourth-order valence-corrected chi connectivity index (χ4v) is 5.57. The average molecular weight is 471 g/mol. The molecule has 0 unspecified atom stereocenters. The highest BCUT2D eigenvalue weighted by Crippen LogP contribution is 2.27. The maximum atomic E-state index is 12.8. The Morgan fingerprint density at radius 2 is 1.83 bits per heavy atom. The van der Waals surface area contributed by atoms with Crippen LogP contribution in [-0.4, -0.2) is 59.9 Å². The predicted octanol–water partition coefficient (Wildman–Crippen LogP) is 3.59. The highest BCUT2D eigenvalue weighted by Gasteiger charge is 2.31. The Morgan fingerprint density at radius 1 is 1.07 bits per heavy atom. The van der Waals surface area contributed by atoms with Crippen molar-refractivity contribution >= 4 is 50.5 Å². The molecule has 1 amide bonds. The second kappa shape index (κ2) is 8.08. The number of nitrogens with one attached hydrogen (secondary N) is 1. The van der Waals surface area contributed by atoms with E-state index in [9.17, 15) is 13.2 Å². The standard InChI is InChI=1S/C18H16Cl2N4O3S2/c19-13-4-3-12(10-14(13)20)29(26,27)24-7-5-23(6-8-24)18(25)16-11-15(21-22-16)17-2-1-9-28-17/h1-4,9-11H,5-8H2,(H,21,22). The lowest BCUT2D eigenvalue weighted by molar-refractivity contribution is 0.0692. The molecule has 1 saturated heterocycles. The number of amides is 1. The topological polar surface area (TPSA) is 86.4 Å². The van der Waals surface area contributed by atoms with E-state index in [0.717, 1.165) is 10.6 Å². The second-order valence-corrected chi connectivity index (χ2v) is 10.1. The number of aromatic amines is 1. The van der Waals surface area contributed by atoms with Crippen molar-refractivity contribution in [2.45, 2.75) is 4.90 Å². The number of rotatable bonds is 4. The molecule has 1 fully saturated rings. The number of piperazine rings is 1. The van der Waals surface area contributed by atoms with Crippen LogP contribution in [0.15, 0.2) is 46.7 Å². The first kappa shape index (κ1) is 20.4. The van der Waals surface area contributed by atoms with Crippen molar-refractivity contribution in [2.75, 3.05) is 26.2 Å². The van der Waals surface area contributed by atoms with E-state index in [4.69, 9.17) is 23.2 Å². The van der Waals surface area contributed by atoms with Crippen LogP contribution in [0.1, 0.15) is 10.5 Å². The van der Waals surface area contributed by atoms with Crippen LogP contribution >= 0.6 is 34.5 Å². The van der Waals surface area contributed by atoms with Crippen LogP contribution in [0.3, 0.4) is 0 Å². The van der Waals surface area contributed by atoms with Gasteiger partial charge in [-0.3, -0.25) is 9.89 Å². The smallest absolute Gasteiger partial charge is 0.274 e. The Kier molecular flexibility index (Phi) is 5.67. The molecule has 11 heteroatoms. The van der Waals surface area contributed by atoms with Crippen molar-refractivity contribution in [1.29, 1.82) is 0 Å². The van der Waals surface area contributed by atoms with Crippen LogP contribution < -0.4 is 0 Å². The zero-order valence-electron chi connectivity index (χ0n) is 15.0. The number of carbonyl (C=O) groups excluding carboxylic acids is 1. The Morgan fingerprint density at radius 3 is 2.48 bits per heavy atom. The van der Waals surface area contributed by atoms with Gasteiger partial charge in [0.05, 0.1) is 25.5 Å². The van der Waals surface area contributed by atoms with E-state index in [1.165, 1.54) is 22.5 Å². The number of hydrogen-bond donors (Lipinski definition) is 1. The summed E-state index contributed by atoms with van der Waals surface area (Å²) in [6.07, 6.45) is 0. The van der Waals surface area contributed by atoms with Crippen molar-refractivity contribution in [2.24, 2.45) is 0 Å². The zero-order chi connectivity index (χ0) is 20.6. The van der Waals surface area contributed by atoms with Crippen LogP contribution in [0.25, 0.3) is 10.6 Å². The van der Waals surface area contributed by atoms with Gasteiger partial charge >= 0.3 is 0 Å². The van der Waals surface area contributed by atoms with Crippen molar-refractivity contribution in [3.8, 4) is 10.6 Å². The third kappa shape index (κ3) is 4.06. The minimum Gasteiger partial charge on any atom is -0.335 e. The minimum absolute atomic E-state index is 0.0829. The van der Waals surface area contributed by atoms with Gasteiger partial charge in [-0.2, -0.15) is 9.40 Å². The summed E-state index contributed by atoms with van der Waals surface area (Å²) in [5.41, 5.74) is 1.10. The highest BCUT2D eigenvalue weighted by molar-refractivity contribution is 7.89. The molecule has 1 aliphatic heterocycles. The van der Waals surface area contributed by atoms with Gasteiger partial charge in [0.2, 0.25) is 10.0 Å². The van der Waals surface area contributed by atoms with Gasteiger partial charge < -0.3 is 4.90 Å². The molecule has 1 aliphatic rings. The maximum Gasteiger partial charge on any atom is 0.274 e. The number of hydrogen-bond acceptors (Lipinski definition) is 5. The second-order valence-electron chi connectivity index (χ2n) is 6.42. The van der Waals surface area contributed by atoms with Crippen molar-refractivity contribution in [3.63, 3.8) is 0 Å². The largest absolute Gasteiger partial charge is 0.335 e. The van der Waals surface area contributed by atoms with Gasteiger partial charge in [0.15, 0.2) is 5.69 Å². The first-order chi connectivity index (χ1) is 13.9. The van der Waals surface area contributed by atoms with E-state index in [2.05, 4.69) is 10.2 Å². The third-order valence-corrected chi connectivity index (χ3v) is 8.18. The van der Waals surface area contributed by atoms with E-state index >= 15 is 0 Å². The zero-order valence-corrected chi connectivity index (χ0v) is 18.2. The molecule has 4 rings (SSSR count). The Bertz CT molecular complexity index is 1140. The summed E-state index contributed by atoms with van der Waals surface area (Å²) in [5.74, 6) is -0.226. The monoisotopic (exact) mass is 470 g/mol. The molecule has 152 valence electrons. The molecule has 0 atom stereocenters. The molecule has 1 N–H and O–H groups in total. The highest BCUT2D eigenvalue weighted by atomic mass is 35.5. The van der Waals surface area contributed by atoms with Crippen LogP contribution in [0, 0.1) is 0 Å². The molecule has 3 heterocycles. The fourth-order valence-electron chi connectivity index (χ4n) is 3.07. The van der Waals surface area contributed by atoms with Crippen LogP contribution in [-0.2, 0) is 10.0 Å². The maximum absolute atomic E-state index is 12.8. The van der Waals surface area contributed by atoms with Crippen molar-refractivity contribution in [3.05, 3.63) is 57.5 Å². The summed E-state index contributed by atoms with van der Waals surface area (Å²) in [5, 5.41) is 9.41. The van der Waals surface area contributed by atoms with Gasteiger partial charge in [-0.05, 0) is 35.7 Å². The lowest BCUT2D eigenvalue weighted by Gasteiger charge is -2.33. The van der Waals surface area contributed by atoms with Crippen molar-refractivity contribution < 1.29 is 13.2 Å². The van der Waals surface area contributed by atoms with E-state index in [0.29, 0.717) is 10.7 Å². The molecule has 0 saturated carbocycles. The van der Waals surface area contributed by atoms with Gasteiger partial charge in [-0.25, -0.2) is 8.42 Å². The molecule has 29 heavy (non-hydrogen) atoms. The Hall–Kier alpha value is -1.91. The van der Waals surface area contributed by atoms with Gasteiger partial charge in [-0.1, -0.05) is 29.3 Å². The minimum atomic E-state index is -3.71. The molecular formula is C18H16Cl2N4O3S2. The number of aromatic nitrogens is 2. The summed E-state index contributed by atoms with van der Waals surface area (Å²) < 4.78 is 27.0. The SMILES string of the molecule is O=C(c1cc(-c2cccs2)[nH]n1)N1CCN(S(=O)(=O)c2ccc(Cl)c(Cl)c2)CC1. The fraction of sp³-hybridized carbons (Fsp3) is 0.222. The Labute approximate surface area is 181 Å². The Balaban J connectivity index is 1.43. The predicted molar refractivity (Wildman–Crippen MR) is 113 cm³/mol. The number of nitrogens with zero attached hydrogens (tertiary/aromatic N) is 3. The molecule has 1 aromatic carbocycles. The van der Waals surface area contributed by atoms with Crippen LogP contribution in [0.5, 0.6) is 0 Å². The molecule has 3 aromatic rings. The van der Waals surface area contributed by atoms with E-state index in [1.807, 2.05) is 17.5 Å². The molecule has 7 nitrogen and oxygen atoms in total. The lowest BCUT2D eigenvalue weighted by Crippen LogP contribution is -2.50. The summed E-state index contributed by atoms with van der Waals surface area (Å²) >= 11 is 13.4.